The van der Waals surface area contributed by atoms with Crippen LogP contribution in [0.1, 0.15) is 12.8 Å². The molecule has 0 aliphatic carbocycles. The molecule has 1 aromatic carbocycles. The topological polar surface area (TPSA) is 83.6 Å². The van der Waals surface area contributed by atoms with Gasteiger partial charge < -0.3 is 10.0 Å². The highest BCUT2D eigenvalue weighted by atomic mass is 19.1. The molecular weight excluding hydrogens is 325 g/mol. The van der Waals surface area contributed by atoms with Crippen LogP contribution in [0.3, 0.4) is 0 Å². The molecule has 25 heavy (non-hydrogen) atoms. The Bertz CT molecular complexity index is 942. The number of hydrogen-bond donors (Lipinski definition) is 1. The lowest BCUT2D eigenvalue weighted by Gasteiger charge is -2.31. The molecule has 0 bridgehead atoms. The Morgan fingerprint density at radius 2 is 2.04 bits per heavy atom. The summed E-state index contributed by atoms with van der Waals surface area (Å²) in [7, 11) is 0. The Kier molecular flexibility index (Phi) is 3.79. The van der Waals surface area contributed by atoms with Crippen molar-refractivity contribution in [1.82, 2.24) is 19.8 Å². The second-order valence-electron chi connectivity index (χ2n) is 6.09. The van der Waals surface area contributed by atoms with Gasteiger partial charge in [-0.2, -0.15) is 4.52 Å². The van der Waals surface area contributed by atoms with Crippen LogP contribution in [-0.2, 0) is 4.79 Å². The van der Waals surface area contributed by atoms with Crippen LogP contribution in [0.25, 0.3) is 17.0 Å². The van der Waals surface area contributed by atoms with Crippen molar-refractivity contribution in [1.29, 1.82) is 0 Å². The number of carbonyl (C=O) groups is 1. The van der Waals surface area contributed by atoms with Gasteiger partial charge in [-0.15, -0.1) is 15.3 Å². The van der Waals surface area contributed by atoms with Gasteiger partial charge in [0, 0.05) is 13.1 Å². The summed E-state index contributed by atoms with van der Waals surface area (Å²) in [5.74, 6) is -0.634. The Balaban J connectivity index is 1.74. The molecule has 0 radical (unpaired) electrons. The molecule has 0 spiro atoms. The highest BCUT2D eigenvalue weighted by molar-refractivity contribution is 5.71. The van der Waals surface area contributed by atoms with Gasteiger partial charge in [0.15, 0.2) is 11.5 Å². The molecule has 1 fully saturated rings. The van der Waals surface area contributed by atoms with Gasteiger partial charge in [-0.05, 0) is 37.1 Å². The fourth-order valence-electron chi connectivity index (χ4n) is 3.15. The maximum atomic E-state index is 14.1. The van der Waals surface area contributed by atoms with Gasteiger partial charge in [0.05, 0.1) is 11.5 Å². The van der Waals surface area contributed by atoms with E-state index in [-0.39, 0.29) is 0 Å². The molecule has 1 atom stereocenters. The summed E-state index contributed by atoms with van der Waals surface area (Å²) in [5.41, 5.74) is 0.829. The van der Waals surface area contributed by atoms with Crippen molar-refractivity contribution in [3.63, 3.8) is 0 Å². The number of benzene rings is 1. The predicted octanol–water partition coefficient (Wildman–Crippen LogP) is 2.23. The number of carboxylic acids is 1. The summed E-state index contributed by atoms with van der Waals surface area (Å²) in [5, 5.41) is 21.9. The third-order valence-electron chi connectivity index (χ3n) is 4.46. The molecule has 8 heteroatoms. The molecule has 2 aromatic heterocycles. The van der Waals surface area contributed by atoms with Crippen LogP contribution < -0.4 is 4.90 Å². The van der Waals surface area contributed by atoms with E-state index >= 15 is 0 Å². The number of nitrogens with zero attached hydrogens (tertiary/aromatic N) is 5. The number of aromatic nitrogens is 4. The van der Waals surface area contributed by atoms with E-state index < -0.39 is 17.7 Å². The molecule has 1 N–H and O–H groups in total. The molecule has 4 rings (SSSR count). The lowest BCUT2D eigenvalue weighted by atomic mass is 9.98. The van der Waals surface area contributed by atoms with E-state index in [2.05, 4.69) is 15.3 Å². The molecule has 1 aliphatic heterocycles. The van der Waals surface area contributed by atoms with Gasteiger partial charge in [-0.25, -0.2) is 4.39 Å². The summed E-state index contributed by atoms with van der Waals surface area (Å²) in [6.07, 6.45) is 1.46. The number of halogens is 1. The number of carboxylic acid groups (broad SMARTS) is 1. The molecule has 0 saturated carbocycles. The van der Waals surface area contributed by atoms with Crippen molar-refractivity contribution in [3.8, 4) is 11.4 Å². The first-order chi connectivity index (χ1) is 12.1. The zero-order chi connectivity index (χ0) is 17.4. The monoisotopic (exact) mass is 341 g/mol. The number of rotatable bonds is 3. The molecule has 3 heterocycles. The highest BCUT2D eigenvalue weighted by Crippen LogP contribution is 2.24. The van der Waals surface area contributed by atoms with Crippen molar-refractivity contribution < 1.29 is 14.3 Å². The number of fused-ring (bicyclic) bond motifs is 1. The molecule has 1 aliphatic rings. The van der Waals surface area contributed by atoms with Crippen molar-refractivity contribution in [2.45, 2.75) is 12.8 Å². The van der Waals surface area contributed by atoms with Gasteiger partial charge in [-0.1, -0.05) is 12.1 Å². The lowest BCUT2D eigenvalue weighted by molar-refractivity contribution is -0.141. The van der Waals surface area contributed by atoms with Crippen LogP contribution >= 0.6 is 0 Å². The number of anilines is 1. The van der Waals surface area contributed by atoms with E-state index in [1.807, 2.05) is 4.90 Å². The lowest BCUT2D eigenvalue weighted by Crippen LogP contribution is -2.39. The zero-order valence-corrected chi connectivity index (χ0v) is 13.3. The normalized spacial score (nSPS) is 17.8. The van der Waals surface area contributed by atoms with Crippen LogP contribution in [0.15, 0.2) is 36.4 Å². The van der Waals surface area contributed by atoms with Crippen LogP contribution in [0.4, 0.5) is 10.2 Å². The Hall–Kier alpha value is -3.03. The average molecular weight is 341 g/mol. The minimum Gasteiger partial charge on any atom is -0.481 e. The van der Waals surface area contributed by atoms with E-state index in [1.165, 1.54) is 10.6 Å². The molecule has 0 amide bonds. The van der Waals surface area contributed by atoms with Crippen molar-refractivity contribution in [3.05, 3.63) is 42.2 Å². The van der Waals surface area contributed by atoms with Crippen LogP contribution in [0.2, 0.25) is 0 Å². The SMILES string of the molecule is O=C(O)C1CCCN(c2ccc3nnc(-c4ccccc4F)n3n2)C1. The number of aliphatic carboxylic acids is 1. The van der Waals surface area contributed by atoms with E-state index in [9.17, 15) is 14.3 Å². The fraction of sp³-hybridized carbons (Fsp3) is 0.294. The van der Waals surface area contributed by atoms with Gasteiger partial charge in [0.1, 0.15) is 11.6 Å². The first-order valence-electron chi connectivity index (χ1n) is 8.08. The zero-order valence-electron chi connectivity index (χ0n) is 13.3. The summed E-state index contributed by atoms with van der Waals surface area (Å²) in [6, 6.07) is 9.87. The summed E-state index contributed by atoms with van der Waals surface area (Å²) in [6.45, 7) is 1.14. The Labute approximate surface area is 142 Å². The van der Waals surface area contributed by atoms with Crippen LogP contribution in [0, 0.1) is 11.7 Å². The maximum Gasteiger partial charge on any atom is 0.308 e. The third-order valence-corrected chi connectivity index (χ3v) is 4.46. The van der Waals surface area contributed by atoms with Gasteiger partial charge >= 0.3 is 5.97 Å². The molecule has 128 valence electrons. The van der Waals surface area contributed by atoms with Crippen molar-refractivity contribution >= 4 is 17.4 Å². The van der Waals surface area contributed by atoms with Crippen LogP contribution in [-0.4, -0.2) is 44.0 Å². The number of piperidine rings is 1. The van der Waals surface area contributed by atoms with E-state index in [4.69, 9.17) is 0 Å². The average Bonchev–Trinajstić information content (AvgIpc) is 3.05. The molecule has 1 unspecified atom stereocenters. The van der Waals surface area contributed by atoms with E-state index in [0.717, 1.165) is 13.0 Å². The van der Waals surface area contributed by atoms with E-state index in [1.54, 1.807) is 30.3 Å². The van der Waals surface area contributed by atoms with Crippen molar-refractivity contribution in [2.24, 2.45) is 5.92 Å². The fourth-order valence-corrected chi connectivity index (χ4v) is 3.15. The summed E-state index contributed by atoms with van der Waals surface area (Å²) < 4.78 is 15.6. The van der Waals surface area contributed by atoms with Crippen molar-refractivity contribution in [2.75, 3.05) is 18.0 Å². The molecule has 7 nitrogen and oxygen atoms in total. The second kappa shape index (κ2) is 6.12. The highest BCUT2D eigenvalue weighted by Gasteiger charge is 2.26. The standard InChI is InChI=1S/C17H16FN5O2/c18-13-6-2-1-5-12(13)16-20-19-14-7-8-15(21-23(14)16)22-9-3-4-11(10-22)17(24)25/h1-2,5-8,11H,3-4,9-10H2,(H,24,25). The molecule has 1 saturated heterocycles. The second-order valence-corrected chi connectivity index (χ2v) is 6.09. The summed E-state index contributed by atoms with van der Waals surface area (Å²) >= 11 is 0. The minimum absolute atomic E-state index is 0.321. The van der Waals surface area contributed by atoms with Gasteiger partial charge in [-0.3, -0.25) is 4.79 Å². The summed E-state index contributed by atoms with van der Waals surface area (Å²) in [4.78, 5) is 13.2. The third kappa shape index (κ3) is 2.79. The van der Waals surface area contributed by atoms with E-state index in [0.29, 0.717) is 35.8 Å². The van der Waals surface area contributed by atoms with Crippen LogP contribution in [0.5, 0.6) is 0 Å². The largest absolute Gasteiger partial charge is 0.481 e. The quantitative estimate of drug-likeness (QED) is 0.786. The van der Waals surface area contributed by atoms with Gasteiger partial charge in [0.25, 0.3) is 0 Å². The Morgan fingerprint density at radius 3 is 2.84 bits per heavy atom. The molecular formula is C17H16FN5O2. The maximum absolute atomic E-state index is 14.1. The van der Waals surface area contributed by atoms with Gasteiger partial charge in [0.2, 0.25) is 0 Å². The minimum atomic E-state index is -0.790. The smallest absolute Gasteiger partial charge is 0.308 e. The first kappa shape index (κ1) is 15.5. The Morgan fingerprint density at radius 1 is 1.20 bits per heavy atom. The number of hydrogen-bond acceptors (Lipinski definition) is 5. The first-order valence-corrected chi connectivity index (χ1v) is 8.08. The predicted molar refractivity (Wildman–Crippen MR) is 88.7 cm³/mol. The molecule has 3 aromatic rings.